The fourth-order valence-electron chi connectivity index (χ4n) is 2.76. The van der Waals surface area contributed by atoms with Gasteiger partial charge in [0.15, 0.2) is 0 Å². The summed E-state index contributed by atoms with van der Waals surface area (Å²) in [6, 6.07) is 0. The molecular weight excluding hydrogens is 232 g/mol. The van der Waals surface area contributed by atoms with Gasteiger partial charge in [-0.2, -0.15) is 0 Å². The molecule has 2 rings (SSSR count). The lowest BCUT2D eigenvalue weighted by Gasteiger charge is -2.26. The molecule has 2 fully saturated rings. The van der Waals surface area contributed by atoms with E-state index in [-0.39, 0.29) is 5.91 Å². The van der Waals surface area contributed by atoms with Gasteiger partial charge in [-0.25, -0.2) is 0 Å². The van der Waals surface area contributed by atoms with E-state index in [2.05, 4.69) is 0 Å². The lowest BCUT2D eigenvalue weighted by Crippen LogP contribution is -2.41. The second-order valence-electron chi connectivity index (χ2n) is 5.48. The van der Waals surface area contributed by atoms with Crippen molar-refractivity contribution in [2.75, 3.05) is 32.7 Å². The molecule has 2 aliphatic rings. The molecule has 0 aliphatic carbocycles. The van der Waals surface area contributed by atoms with Crippen LogP contribution in [-0.2, 0) is 4.79 Å². The Balaban J connectivity index is 1.79. The number of likely N-dealkylation sites (tertiary alicyclic amines) is 2. The average molecular weight is 256 g/mol. The molecule has 2 saturated heterocycles. The fourth-order valence-corrected chi connectivity index (χ4v) is 2.76. The second kappa shape index (κ2) is 6.50. The van der Waals surface area contributed by atoms with Crippen LogP contribution in [0, 0.1) is 0 Å². The molecule has 1 amide bonds. The van der Waals surface area contributed by atoms with Crippen molar-refractivity contribution >= 4 is 5.91 Å². The van der Waals surface area contributed by atoms with Crippen LogP contribution in [0.5, 0.6) is 0 Å². The topological polar surface area (TPSA) is 64.0 Å². The van der Waals surface area contributed by atoms with Crippen LogP contribution in [0.1, 0.15) is 32.1 Å². The molecule has 0 saturated carbocycles. The van der Waals surface area contributed by atoms with E-state index in [4.69, 9.17) is 0 Å². The van der Waals surface area contributed by atoms with Crippen LogP contribution < -0.4 is 0 Å². The van der Waals surface area contributed by atoms with Crippen molar-refractivity contribution in [3.8, 4) is 0 Å². The number of aliphatic hydroxyl groups is 2. The zero-order valence-corrected chi connectivity index (χ0v) is 10.9. The third kappa shape index (κ3) is 3.67. The summed E-state index contributed by atoms with van der Waals surface area (Å²) < 4.78 is 0. The average Bonchev–Trinajstić information content (AvgIpc) is 2.56. The number of hydrogen-bond donors (Lipinski definition) is 2. The van der Waals surface area contributed by atoms with Crippen molar-refractivity contribution in [3.05, 3.63) is 0 Å². The number of rotatable bonds is 2. The summed E-state index contributed by atoms with van der Waals surface area (Å²) in [5, 5.41) is 18.9. The molecule has 2 atom stereocenters. The summed E-state index contributed by atoms with van der Waals surface area (Å²) in [5.41, 5.74) is 0. The van der Waals surface area contributed by atoms with Crippen molar-refractivity contribution < 1.29 is 15.0 Å². The Kier molecular flexibility index (Phi) is 4.97. The van der Waals surface area contributed by atoms with Gasteiger partial charge in [0.2, 0.25) is 5.91 Å². The Morgan fingerprint density at radius 3 is 2.00 bits per heavy atom. The summed E-state index contributed by atoms with van der Waals surface area (Å²) >= 11 is 0. The maximum absolute atomic E-state index is 12.2. The van der Waals surface area contributed by atoms with Gasteiger partial charge in [-0.15, -0.1) is 0 Å². The van der Waals surface area contributed by atoms with Crippen molar-refractivity contribution in [2.45, 2.75) is 44.3 Å². The molecule has 0 aromatic heterocycles. The lowest BCUT2D eigenvalue weighted by molar-refractivity contribution is -0.132. The van der Waals surface area contributed by atoms with E-state index < -0.39 is 12.2 Å². The Morgan fingerprint density at radius 1 is 0.944 bits per heavy atom. The molecule has 2 N–H and O–H groups in total. The minimum Gasteiger partial charge on any atom is -0.389 e. The Hall–Kier alpha value is -0.650. The number of β-amino-alcohol motifs (C(OH)–C–C–N with tert-alkyl or cyclic N) is 2. The molecule has 2 aliphatic heterocycles. The summed E-state index contributed by atoms with van der Waals surface area (Å²) in [7, 11) is 0. The van der Waals surface area contributed by atoms with Crippen LogP contribution in [0.25, 0.3) is 0 Å². The zero-order valence-electron chi connectivity index (χ0n) is 10.9. The molecule has 18 heavy (non-hydrogen) atoms. The van der Waals surface area contributed by atoms with Gasteiger partial charge in [0.1, 0.15) is 0 Å². The third-order valence-corrected chi connectivity index (χ3v) is 3.90. The van der Waals surface area contributed by atoms with Gasteiger partial charge in [0.25, 0.3) is 0 Å². The Bertz CT molecular complexity index is 267. The quantitative estimate of drug-likeness (QED) is 0.719. The fraction of sp³-hybridized carbons (Fsp3) is 0.923. The van der Waals surface area contributed by atoms with Crippen LogP contribution in [-0.4, -0.2) is 70.9 Å². The van der Waals surface area contributed by atoms with Gasteiger partial charge in [-0.05, 0) is 12.8 Å². The summed E-state index contributed by atoms with van der Waals surface area (Å²) in [6.45, 7) is 2.85. The largest absolute Gasteiger partial charge is 0.389 e. The molecular formula is C13H24N2O3. The highest BCUT2D eigenvalue weighted by atomic mass is 16.3. The molecule has 0 aromatic carbocycles. The normalized spacial score (nSPS) is 31.1. The smallest absolute Gasteiger partial charge is 0.236 e. The number of carbonyl (C=O) groups excluding carboxylic acids is 1. The standard InChI is InChI=1S/C13H24N2O3/c16-11-8-14(9-12(11)17)10-13(18)15-6-4-2-1-3-5-7-15/h11-12,16-17H,1-10H2/t11-,12+. The number of hydrogen-bond acceptors (Lipinski definition) is 4. The molecule has 0 bridgehead atoms. The van der Waals surface area contributed by atoms with E-state index in [0.717, 1.165) is 25.9 Å². The summed E-state index contributed by atoms with van der Waals surface area (Å²) in [6.07, 6.45) is 4.49. The van der Waals surface area contributed by atoms with Gasteiger partial charge in [0.05, 0.1) is 18.8 Å². The second-order valence-corrected chi connectivity index (χ2v) is 5.48. The maximum Gasteiger partial charge on any atom is 0.236 e. The Morgan fingerprint density at radius 2 is 1.44 bits per heavy atom. The first-order chi connectivity index (χ1) is 8.66. The van der Waals surface area contributed by atoms with Crippen LogP contribution in [0.15, 0.2) is 0 Å². The van der Waals surface area contributed by atoms with E-state index in [9.17, 15) is 15.0 Å². The van der Waals surface area contributed by atoms with Gasteiger partial charge < -0.3 is 15.1 Å². The van der Waals surface area contributed by atoms with Crippen LogP contribution in [0.3, 0.4) is 0 Å². The molecule has 2 heterocycles. The van der Waals surface area contributed by atoms with Crippen molar-refractivity contribution in [3.63, 3.8) is 0 Å². The first-order valence-electron chi connectivity index (χ1n) is 7.03. The van der Waals surface area contributed by atoms with Crippen molar-refractivity contribution in [2.24, 2.45) is 0 Å². The number of aliphatic hydroxyl groups excluding tert-OH is 2. The predicted molar refractivity (Wildman–Crippen MR) is 68.1 cm³/mol. The third-order valence-electron chi connectivity index (χ3n) is 3.90. The summed E-state index contributed by atoms with van der Waals surface area (Å²) in [4.78, 5) is 15.9. The molecule has 0 unspecified atom stereocenters. The molecule has 0 radical (unpaired) electrons. The molecule has 5 nitrogen and oxygen atoms in total. The maximum atomic E-state index is 12.2. The number of amides is 1. The highest BCUT2D eigenvalue weighted by Gasteiger charge is 2.31. The minimum atomic E-state index is -0.704. The van der Waals surface area contributed by atoms with Gasteiger partial charge >= 0.3 is 0 Å². The van der Waals surface area contributed by atoms with Gasteiger partial charge in [-0.1, -0.05) is 19.3 Å². The summed E-state index contributed by atoms with van der Waals surface area (Å²) in [5.74, 6) is 0.137. The van der Waals surface area contributed by atoms with E-state index in [1.165, 1.54) is 19.3 Å². The highest BCUT2D eigenvalue weighted by Crippen LogP contribution is 2.13. The number of nitrogens with zero attached hydrogens (tertiary/aromatic N) is 2. The van der Waals surface area contributed by atoms with E-state index in [1.807, 2.05) is 9.80 Å². The predicted octanol–water partition coefficient (Wildman–Crippen LogP) is -0.184. The first-order valence-corrected chi connectivity index (χ1v) is 7.03. The van der Waals surface area contributed by atoms with Crippen LogP contribution in [0.2, 0.25) is 0 Å². The molecule has 5 heteroatoms. The number of carbonyl (C=O) groups is 1. The van der Waals surface area contributed by atoms with E-state index in [0.29, 0.717) is 19.6 Å². The SMILES string of the molecule is O=C(CN1C[C@@H](O)[C@@H](O)C1)N1CCCCCCC1. The first kappa shape index (κ1) is 13.8. The molecule has 104 valence electrons. The lowest BCUT2D eigenvalue weighted by atomic mass is 10.1. The van der Waals surface area contributed by atoms with Crippen LogP contribution in [0.4, 0.5) is 0 Å². The molecule has 0 aromatic rings. The van der Waals surface area contributed by atoms with Crippen LogP contribution >= 0.6 is 0 Å². The Labute approximate surface area is 108 Å². The monoisotopic (exact) mass is 256 g/mol. The van der Waals surface area contributed by atoms with Gasteiger partial charge in [-0.3, -0.25) is 9.69 Å². The van der Waals surface area contributed by atoms with Crippen molar-refractivity contribution in [1.29, 1.82) is 0 Å². The van der Waals surface area contributed by atoms with Crippen molar-refractivity contribution in [1.82, 2.24) is 9.80 Å². The highest BCUT2D eigenvalue weighted by molar-refractivity contribution is 5.78. The molecule has 0 spiro atoms. The van der Waals surface area contributed by atoms with E-state index in [1.54, 1.807) is 0 Å². The van der Waals surface area contributed by atoms with Gasteiger partial charge in [0, 0.05) is 26.2 Å². The zero-order chi connectivity index (χ0) is 13.0. The van der Waals surface area contributed by atoms with E-state index >= 15 is 0 Å². The minimum absolute atomic E-state index is 0.137.